The Morgan fingerprint density at radius 3 is 2.83 bits per heavy atom. The van der Waals surface area contributed by atoms with Crippen molar-refractivity contribution in [2.75, 3.05) is 14.1 Å². The third kappa shape index (κ3) is 2.65. The SMILES string of the molecule is C=CCn1cc(-c2cccc(C(=O)N(C)C)c2)c2cc[nH]c2c1=O. The molecule has 1 amide bonds. The van der Waals surface area contributed by atoms with E-state index >= 15 is 0 Å². The van der Waals surface area contributed by atoms with Crippen molar-refractivity contribution in [3.05, 3.63) is 71.3 Å². The van der Waals surface area contributed by atoms with E-state index in [4.69, 9.17) is 0 Å². The maximum atomic E-state index is 12.5. The van der Waals surface area contributed by atoms with Crippen LogP contribution in [0.1, 0.15) is 10.4 Å². The summed E-state index contributed by atoms with van der Waals surface area (Å²) in [6.45, 7) is 4.13. The van der Waals surface area contributed by atoms with Gasteiger partial charge in [-0.05, 0) is 23.8 Å². The molecule has 2 heterocycles. The zero-order valence-corrected chi connectivity index (χ0v) is 13.7. The van der Waals surface area contributed by atoms with Gasteiger partial charge in [-0.15, -0.1) is 6.58 Å². The first-order valence-electron chi connectivity index (χ1n) is 7.66. The van der Waals surface area contributed by atoms with Gasteiger partial charge >= 0.3 is 0 Å². The number of nitrogens with one attached hydrogen (secondary N) is 1. The molecule has 0 bridgehead atoms. The second kappa shape index (κ2) is 6.20. The number of aromatic amines is 1. The first-order chi connectivity index (χ1) is 11.5. The quantitative estimate of drug-likeness (QED) is 0.751. The molecule has 24 heavy (non-hydrogen) atoms. The zero-order valence-electron chi connectivity index (χ0n) is 13.7. The first kappa shape index (κ1) is 15.8. The number of carbonyl (C=O) groups excluding carboxylic acids is 1. The Labute approximate surface area is 139 Å². The maximum Gasteiger partial charge on any atom is 0.275 e. The number of fused-ring (bicyclic) bond motifs is 1. The lowest BCUT2D eigenvalue weighted by Crippen LogP contribution is -2.21. The van der Waals surface area contributed by atoms with E-state index in [-0.39, 0.29) is 11.5 Å². The highest BCUT2D eigenvalue weighted by Gasteiger charge is 2.13. The van der Waals surface area contributed by atoms with Gasteiger partial charge in [0, 0.05) is 49.5 Å². The van der Waals surface area contributed by atoms with Crippen molar-refractivity contribution < 1.29 is 4.79 Å². The lowest BCUT2D eigenvalue weighted by molar-refractivity contribution is 0.0827. The van der Waals surface area contributed by atoms with E-state index in [0.717, 1.165) is 16.5 Å². The smallest absolute Gasteiger partial charge is 0.275 e. The van der Waals surface area contributed by atoms with Gasteiger partial charge in [-0.3, -0.25) is 9.59 Å². The highest BCUT2D eigenvalue weighted by molar-refractivity contribution is 5.98. The third-order valence-electron chi connectivity index (χ3n) is 3.95. The van der Waals surface area contributed by atoms with Crippen LogP contribution in [-0.2, 0) is 6.54 Å². The van der Waals surface area contributed by atoms with E-state index in [1.807, 2.05) is 30.5 Å². The Kier molecular flexibility index (Phi) is 4.08. The van der Waals surface area contributed by atoms with Crippen molar-refractivity contribution in [3.8, 4) is 11.1 Å². The predicted octanol–water partition coefficient (Wildman–Crippen LogP) is 2.88. The molecule has 0 saturated heterocycles. The summed E-state index contributed by atoms with van der Waals surface area (Å²) in [5.41, 5.74) is 2.88. The first-order valence-corrected chi connectivity index (χ1v) is 7.66. The summed E-state index contributed by atoms with van der Waals surface area (Å²) in [6.07, 6.45) is 5.26. The Balaban J connectivity index is 2.23. The lowest BCUT2D eigenvalue weighted by Gasteiger charge is -2.13. The molecule has 5 heteroatoms. The topological polar surface area (TPSA) is 58.1 Å². The summed E-state index contributed by atoms with van der Waals surface area (Å²) in [6, 6.07) is 9.32. The number of rotatable bonds is 4. The van der Waals surface area contributed by atoms with Crippen molar-refractivity contribution in [2.45, 2.75) is 6.54 Å². The van der Waals surface area contributed by atoms with Gasteiger partial charge in [-0.1, -0.05) is 18.2 Å². The molecule has 122 valence electrons. The van der Waals surface area contributed by atoms with Crippen LogP contribution in [0.2, 0.25) is 0 Å². The van der Waals surface area contributed by atoms with Crippen LogP contribution in [0.25, 0.3) is 22.0 Å². The number of carbonyl (C=O) groups is 1. The maximum absolute atomic E-state index is 12.5. The van der Waals surface area contributed by atoms with Crippen molar-refractivity contribution in [1.29, 1.82) is 0 Å². The molecule has 0 atom stereocenters. The molecule has 0 saturated carbocycles. The van der Waals surface area contributed by atoms with Gasteiger partial charge < -0.3 is 14.5 Å². The van der Waals surface area contributed by atoms with Crippen molar-refractivity contribution >= 4 is 16.8 Å². The summed E-state index contributed by atoms with van der Waals surface area (Å²) < 4.78 is 1.61. The molecule has 1 N–H and O–H groups in total. The van der Waals surface area contributed by atoms with Crippen LogP contribution in [0.3, 0.4) is 0 Å². The van der Waals surface area contributed by atoms with Crippen LogP contribution in [-0.4, -0.2) is 34.5 Å². The second-order valence-corrected chi connectivity index (χ2v) is 5.84. The molecular weight excluding hydrogens is 302 g/mol. The van der Waals surface area contributed by atoms with Gasteiger partial charge in [-0.2, -0.15) is 0 Å². The number of benzene rings is 1. The molecule has 3 rings (SSSR count). The minimum absolute atomic E-state index is 0.0541. The van der Waals surface area contributed by atoms with Crippen molar-refractivity contribution in [1.82, 2.24) is 14.5 Å². The molecule has 1 aromatic carbocycles. The van der Waals surface area contributed by atoms with Crippen LogP contribution in [0.15, 0.2) is 60.2 Å². The van der Waals surface area contributed by atoms with Crippen LogP contribution < -0.4 is 5.56 Å². The molecule has 0 radical (unpaired) electrons. The molecule has 0 fully saturated rings. The monoisotopic (exact) mass is 321 g/mol. The van der Waals surface area contributed by atoms with Crippen molar-refractivity contribution in [3.63, 3.8) is 0 Å². The molecule has 2 aromatic heterocycles. The Bertz CT molecular complexity index is 980. The van der Waals surface area contributed by atoms with Crippen molar-refractivity contribution in [2.24, 2.45) is 0 Å². The molecule has 3 aromatic rings. The van der Waals surface area contributed by atoms with E-state index in [2.05, 4.69) is 11.6 Å². The van der Waals surface area contributed by atoms with Gasteiger partial charge in [0.15, 0.2) is 0 Å². The number of hydrogen-bond acceptors (Lipinski definition) is 2. The Hall–Kier alpha value is -3.08. The molecular formula is C19H19N3O2. The fourth-order valence-electron chi connectivity index (χ4n) is 2.78. The number of amides is 1. The van der Waals surface area contributed by atoms with Gasteiger partial charge in [0.05, 0.1) is 0 Å². The standard InChI is InChI=1S/C19H19N3O2/c1-4-10-22-12-16(15-8-9-20-17(15)19(22)24)13-6-5-7-14(11-13)18(23)21(2)3/h4-9,11-12,20H,1,10H2,2-3H3. The van der Waals surface area contributed by atoms with Gasteiger partial charge in [0.2, 0.25) is 0 Å². The van der Waals surface area contributed by atoms with E-state index < -0.39 is 0 Å². The summed E-state index contributed by atoms with van der Waals surface area (Å²) >= 11 is 0. The average molecular weight is 321 g/mol. The van der Waals surface area contributed by atoms with E-state index in [1.165, 1.54) is 0 Å². The van der Waals surface area contributed by atoms with E-state index in [0.29, 0.717) is 17.6 Å². The summed E-state index contributed by atoms with van der Waals surface area (Å²) in [5.74, 6) is -0.0541. The average Bonchev–Trinajstić information content (AvgIpc) is 3.07. The summed E-state index contributed by atoms with van der Waals surface area (Å²) in [4.78, 5) is 29.2. The number of nitrogens with zero attached hydrogens (tertiary/aromatic N) is 2. The fourth-order valence-corrected chi connectivity index (χ4v) is 2.78. The molecule has 5 nitrogen and oxygen atoms in total. The lowest BCUT2D eigenvalue weighted by atomic mass is 10.0. The highest BCUT2D eigenvalue weighted by atomic mass is 16.2. The molecule has 0 aliphatic rings. The summed E-state index contributed by atoms with van der Waals surface area (Å²) in [7, 11) is 3.45. The number of H-pyrrole nitrogens is 1. The van der Waals surface area contributed by atoms with Crippen LogP contribution >= 0.6 is 0 Å². The highest BCUT2D eigenvalue weighted by Crippen LogP contribution is 2.27. The van der Waals surface area contributed by atoms with E-state index in [1.54, 1.807) is 41.9 Å². The number of aromatic nitrogens is 2. The minimum atomic E-state index is -0.0841. The van der Waals surface area contributed by atoms with Crippen LogP contribution in [0.4, 0.5) is 0 Å². The molecule has 0 unspecified atom stereocenters. The van der Waals surface area contributed by atoms with Gasteiger partial charge in [0.25, 0.3) is 11.5 Å². The normalized spacial score (nSPS) is 10.8. The van der Waals surface area contributed by atoms with Crippen LogP contribution in [0, 0.1) is 0 Å². The van der Waals surface area contributed by atoms with Crippen LogP contribution in [0.5, 0.6) is 0 Å². The predicted molar refractivity (Wildman–Crippen MR) is 96.2 cm³/mol. The Morgan fingerprint density at radius 2 is 2.12 bits per heavy atom. The molecule has 0 aliphatic heterocycles. The summed E-state index contributed by atoms with van der Waals surface area (Å²) in [5, 5.41) is 0.842. The zero-order chi connectivity index (χ0) is 17.3. The number of hydrogen-bond donors (Lipinski definition) is 1. The third-order valence-corrected chi connectivity index (χ3v) is 3.95. The van der Waals surface area contributed by atoms with E-state index in [9.17, 15) is 9.59 Å². The number of pyridine rings is 1. The fraction of sp³-hybridized carbons (Fsp3) is 0.158. The molecule has 0 spiro atoms. The van der Waals surface area contributed by atoms with Gasteiger partial charge in [-0.25, -0.2) is 0 Å². The minimum Gasteiger partial charge on any atom is -0.357 e. The largest absolute Gasteiger partial charge is 0.357 e. The Morgan fingerprint density at radius 1 is 1.33 bits per heavy atom. The van der Waals surface area contributed by atoms with Gasteiger partial charge in [0.1, 0.15) is 5.52 Å². The number of allylic oxidation sites excluding steroid dienone is 1. The molecule has 0 aliphatic carbocycles. The second-order valence-electron chi connectivity index (χ2n) is 5.84.